The highest BCUT2D eigenvalue weighted by Gasteiger charge is 2.49. The topological polar surface area (TPSA) is 58.6 Å². The average molecular weight is 389 g/mol. The lowest BCUT2D eigenvalue weighted by Crippen LogP contribution is -2.59. The van der Waals surface area contributed by atoms with E-state index in [1.54, 1.807) is 25.2 Å². The van der Waals surface area contributed by atoms with E-state index in [2.05, 4.69) is 21.2 Å². The number of fused-ring (bicyclic) bond motifs is 1. The maximum absolute atomic E-state index is 12.8. The summed E-state index contributed by atoms with van der Waals surface area (Å²) in [7, 11) is 1.65. The van der Waals surface area contributed by atoms with Gasteiger partial charge in [-0.2, -0.15) is 0 Å². The second-order valence-electron chi connectivity index (χ2n) is 5.90. The van der Waals surface area contributed by atoms with Gasteiger partial charge in [0.15, 0.2) is 0 Å². The molecular weight excluding hydrogens is 372 g/mol. The number of benzene rings is 2. The molecule has 3 rings (SSSR count). The number of aryl methyl sites for hydroxylation is 1. The van der Waals surface area contributed by atoms with Gasteiger partial charge in [0.25, 0.3) is 17.4 Å². The summed E-state index contributed by atoms with van der Waals surface area (Å²) in [4.78, 5) is 27.0. The van der Waals surface area contributed by atoms with E-state index >= 15 is 0 Å². The minimum Gasteiger partial charge on any atom is -0.465 e. The van der Waals surface area contributed by atoms with Gasteiger partial charge in [-0.25, -0.2) is 0 Å². The molecular formula is C18H17BrN2O3. The Morgan fingerprint density at radius 2 is 1.96 bits per heavy atom. The largest absolute Gasteiger partial charge is 0.465 e. The average Bonchev–Trinajstić information content (AvgIpc) is 2.56. The number of para-hydroxylation sites is 1. The first-order valence-electron chi connectivity index (χ1n) is 7.47. The van der Waals surface area contributed by atoms with Crippen LogP contribution >= 0.6 is 15.9 Å². The highest BCUT2D eigenvalue weighted by molar-refractivity contribution is 9.10. The molecule has 0 fully saturated rings. The van der Waals surface area contributed by atoms with Crippen molar-refractivity contribution >= 4 is 39.1 Å². The Morgan fingerprint density at radius 3 is 2.67 bits per heavy atom. The van der Waals surface area contributed by atoms with E-state index in [9.17, 15) is 9.59 Å². The second kappa shape index (κ2) is 5.94. The number of hydrogen-bond donors (Lipinski definition) is 1. The third-order valence-electron chi connectivity index (χ3n) is 4.06. The first kappa shape index (κ1) is 16.5. The summed E-state index contributed by atoms with van der Waals surface area (Å²) in [6, 6.07) is 12.7. The number of likely N-dealkylation sites (N-methyl/N-ethyl adjacent to an activating group) is 1. The number of halogens is 1. The lowest BCUT2D eigenvalue weighted by Gasteiger charge is -2.38. The molecule has 1 unspecified atom stereocenters. The van der Waals surface area contributed by atoms with Crippen LogP contribution in [0.5, 0.6) is 5.75 Å². The lowest BCUT2D eigenvalue weighted by atomic mass is 9.99. The molecule has 1 N–H and O–H groups in total. The van der Waals surface area contributed by atoms with Crippen molar-refractivity contribution in [2.75, 3.05) is 17.3 Å². The fourth-order valence-electron chi connectivity index (χ4n) is 2.62. The number of anilines is 2. The van der Waals surface area contributed by atoms with Gasteiger partial charge < -0.3 is 15.0 Å². The summed E-state index contributed by atoms with van der Waals surface area (Å²) in [5.41, 5.74) is 0.619. The minimum absolute atomic E-state index is 0.412. The van der Waals surface area contributed by atoms with Crippen molar-refractivity contribution in [3.63, 3.8) is 0 Å². The summed E-state index contributed by atoms with van der Waals surface area (Å²) >= 11 is 3.38. The number of carbonyl (C=O) groups excluding carboxylic acids is 2. The molecule has 0 aliphatic carbocycles. The van der Waals surface area contributed by atoms with Crippen molar-refractivity contribution in [3.8, 4) is 5.75 Å². The van der Waals surface area contributed by atoms with Crippen LogP contribution in [0, 0.1) is 6.92 Å². The maximum atomic E-state index is 12.8. The van der Waals surface area contributed by atoms with E-state index in [-0.39, 0.29) is 0 Å². The Bertz CT molecular complexity index is 837. The van der Waals surface area contributed by atoms with Crippen LogP contribution in [0.3, 0.4) is 0 Å². The Labute approximate surface area is 148 Å². The zero-order chi connectivity index (χ0) is 17.5. The third kappa shape index (κ3) is 2.67. The monoisotopic (exact) mass is 388 g/mol. The van der Waals surface area contributed by atoms with Gasteiger partial charge in [0.05, 0.1) is 11.4 Å². The van der Waals surface area contributed by atoms with E-state index in [1.807, 2.05) is 31.2 Å². The SMILES string of the molecule is Cc1ccc2c(c1)N(C)C(=O)C(C)(C(=O)Nc1ccccc1Br)O2. The molecule has 0 spiro atoms. The van der Waals surface area contributed by atoms with Gasteiger partial charge in [-0.1, -0.05) is 18.2 Å². The van der Waals surface area contributed by atoms with Crippen LogP contribution in [0.15, 0.2) is 46.9 Å². The van der Waals surface area contributed by atoms with E-state index in [4.69, 9.17) is 4.74 Å². The van der Waals surface area contributed by atoms with Crippen molar-refractivity contribution < 1.29 is 14.3 Å². The lowest BCUT2D eigenvalue weighted by molar-refractivity contribution is -0.144. The molecule has 2 aromatic carbocycles. The van der Waals surface area contributed by atoms with Gasteiger partial charge in [-0.15, -0.1) is 0 Å². The predicted octanol–water partition coefficient (Wildman–Crippen LogP) is 3.51. The highest BCUT2D eigenvalue weighted by atomic mass is 79.9. The van der Waals surface area contributed by atoms with Crippen molar-refractivity contribution in [3.05, 3.63) is 52.5 Å². The molecule has 124 valence electrons. The number of nitrogens with zero attached hydrogens (tertiary/aromatic N) is 1. The predicted molar refractivity (Wildman–Crippen MR) is 96.4 cm³/mol. The summed E-state index contributed by atoms with van der Waals surface area (Å²) in [5, 5.41) is 2.76. The molecule has 6 heteroatoms. The molecule has 24 heavy (non-hydrogen) atoms. The fraction of sp³-hybridized carbons (Fsp3) is 0.222. The number of rotatable bonds is 2. The van der Waals surface area contributed by atoms with Crippen LogP contribution in [0.4, 0.5) is 11.4 Å². The van der Waals surface area contributed by atoms with Crippen molar-refractivity contribution in [2.45, 2.75) is 19.4 Å². The maximum Gasteiger partial charge on any atom is 0.280 e. The number of nitrogens with one attached hydrogen (secondary N) is 1. The molecule has 2 aromatic rings. The van der Waals surface area contributed by atoms with Gasteiger partial charge in [0.1, 0.15) is 5.75 Å². The van der Waals surface area contributed by atoms with Gasteiger partial charge in [-0.05, 0) is 59.6 Å². The van der Waals surface area contributed by atoms with E-state index < -0.39 is 17.4 Å². The molecule has 0 bridgehead atoms. The molecule has 2 amide bonds. The minimum atomic E-state index is -1.63. The molecule has 1 heterocycles. The molecule has 0 aromatic heterocycles. The van der Waals surface area contributed by atoms with Crippen LogP contribution in [0.1, 0.15) is 12.5 Å². The van der Waals surface area contributed by atoms with Crippen LogP contribution in [0.25, 0.3) is 0 Å². The first-order valence-corrected chi connectivity index (χ1v) is 8.26. The highest BCUT2D eigenvalue weighted by Crippen LogP contribution is 2.38. The number of ether oxygens (including phenoxy) is 1. The van der Waals surface area contributed by atoms with Crippen LogP contribution in [0.2, 0.25) is 0 Å². The summed E-state index contributed by atoms with van der Waals surface area (Å²) in [6.07, 6.45) is 0. The van der Waals surface area contributed by atoms with Crippen LogP contribution < -0.4 is 15.0 Å². The summed E-state index contributed by atoms with van der Waals surface area (Å²) < 4.78 is 6.54. The molecule has 0 saturated heterocycles. The van der Waals surface area contributed by atoms with E-state index in [1.165, 1.54) is 11.8 Å². The van der Waals surface area contributed by atoms with Gasteiger partial charge in [-0.3, -0.25) is 9.59 Å². The Balaban J connectivity index is 1.95. The smallest absolute Gasteiger partial charge is 0.280 e. The number of amides is 2. The standard InChI is InChI=1S/C18H17BrN2O3/c1-11-8-9-15-14(10-11)21(3)17(23)18(2,24-15)16(22)20-13-7-5-4-6-12(13)19/h4-10H,1-3H3,(H,20,22). The van der Waals surface area contributed by atoms with Crippen LogP contribution in [-0.2, 0) is 9.59 Å². The van der Waals surface area contributed by atoms with Crippen molar-refractivity contribution in [2.24, 2.45) is 0 Å². The first-order chi connectivity index (χ1) is 11.3. The Kier molecular flexibility index (Phi) is 4.09. The van der Waals surface area contributed by atoms with Crippen LogP contribution in [-0.4, -0.2) is 24.5 Å². The van der Waals surface area contributed by atoms with Gasteiger partial charge >= 0.3 is 0 Å². The Morgan fingerprint density at radius 1 is 1.25 bits per heavy atom. The third-order valence-corrected chi connectivity index (χ3v) is 4.75. The molecule has 0 radical (unpaired) electrons. The Hall–Kier alpha value is -2.34. The van der Waals surface area contributed by atoms with Gasteiger partial charge in [0.2, 0.25) is 0 Å². The quantitative estimate of drug-likeness (QED) is 0.800. The number of hydrogen-bond acceptors (Lipinski definition) is 3. The molecule has 0 saturated carbocycles. The van der Waals surface area contributed by atoms with E-state index in [0.29, 0.717) is 17.1 Å². The zero-order valence-electron chi connectivity index (χ0n) is 13.6. The molecule has 1 aliphatic heterocycles. The second-order valence-corrected chi connectivity index (χ2v) is 6.76. The van der Waals surface area contributed by atoms with Crippen molar-refractivity contribution in [1.82, 2.24) is 0 Å². The molecule has 5 nitrogen and oxygen atoms in total. The molecule has 1 atom stereocenters. The normalized spacial score (nSPS) is 19.5. The van der Waals surface area contributed by atoms with E-state index in [0.717, 1.165) is 10.0 Å². The van der Waals surface area contributed by atoms with Crippen molar-refractivity contribution in [1.29, 1.82) is 0 Å². The summed E-state index contributed by atoms with van der Waals surface area (Å²) in [5.74, 6) is -0.421. The fourth-order valence-corrected chi connectivity index (χ4v) is 3.00. The summed E-state index contributed by atoms with van der Waals surface area (Å²) in [6.45, 7) is 3.42. The van der Waals surface area contributed by atoms with Gasteiger partial charge in [0, 0.05) is 11.5 Å². The molecule has 1 aliphatic rings. The number of carbonyl (C=O) groups is 2. The zero-order valence-corrected chi connectivity index (χ0v) is 15.2.